The molecule has 2 N–H and O–H groups in total. The molecule has 0 bridgehead atoms. The first kappa shape index (κ1) is 27.4. The Bertz CT molecular complexity index is 1190. The van der Waals surface area contributed by atoms with Gasteiger partial charge in [0.2, 0.25) is 11.8 Å². The maximum Gasteiger partial charge on any atom is 0.326 e. The van der Waals surface area contributed by atoms with Gasteiger partial charge in [-0.2, -0.15) is 0 Å². The van der Waals surface area contributed by atoms with Gasteiger partial charge in [0, 0.05) is 24.3 Å². The first-order valence-corrected chi connectivity index (χ1v) is 13.6. The third-order valence-corrected chi connectivity index (χ3v) is 7.58. The Hall–Kier alpha value is -3.61. The molecule has 202 valence electrons. The summed E-state index contributed by atoms with van der Waals surface area (Å²) in [4.78, 5) is 29.2. The number of benzene rings is 2. The average molecular weight is 519 g/mol. The van der Waals surface area contributed by atoms with Crippen LogP contribution in [0, 0.1) is 24.7 Å². The summed E-state index contributed by atoms with van der Waals surface area (Å²) in [7, 11) is 0. The molecule has 38 heavy (non-hydrogen) atoms. The highest BCUT2D eigenvalue weighted by molar-refractivity contribution is 5.85. The lowest BCUT2D eigenvalue weighted by Gasteiger charge is -2.30. The molecule has 0 radical (unpaired) electrons. The van der Waals surface area contributed by atoms with Crippen LogP contribution < -0.4 is 10.1 Å². The van der Waals surface area contributed by atoms with Gasteiger partial charge in [0.15, 0.2) is 0 Å². The van der Waals surface area contributed by atoms with E-state index in [0.717, 1.165) is 48.3 Å². The predicted molar refractivity (Wildman–Crippen MR) is 146 cm³/mol. The molecule has 1 saturated carbocycles. The molecule has 0 unspecified atom stereocenters. The van der Waals surface area contributed by atoms with Gasteiger partial charge in [0.1, 0.15) is 17.6 Å². The van der Waals surface area contributed by atoms with Crippen molar-refractivity contribution in [1.82, 2.24) is 10.3 Å². The molecule has 1 fully saturated rings. The van der Waals surface area contributed by atoms with Gasteiger partial charge in [-0.05, 0) is 74.3 Å². The number of hydrogen-bond donors (Lipinski definition) is 2. The normalized spacial score (nSPS) is 18.2. The molecule has 7 heteroatoms. The number of nitrogens with zero attached hydrogens (tertiary/aromatic N) is 1. The zero-order chi connectivity index (χ0) is 27.1. The smallest absolute Gasteiger partial charge is 0.326 e. The molecule has 7 nitrogen and oxygen atoms in total. The van der Waals surface area contributed by atoms with Crippen molar-refractivity contribution in [3.8, 4) is 17.2 Å². The Balaban J connectivity index is 1.26. The van der Waals surface area contributed by atoms with Crippen LogP contribution >= 0.6 is 0 Å². The highest BCUT2D eigenvalue weighted by Gasteiger charge is 2.30. The number of amides is 1. The summed E-state index contributed by atoms with van der Waals surface area (Å²) in [6.45, 7) is 6.79. The van der Waals surface area contributed by atoms with Crippen molar-refractivity contribution in [1.29, 1.82) is 0 Å². The second-order valence-corrected chi connectivity index (χ2v) is 10.6. The van der Waals surface area contributed by atoms with Crippen LogP contribution in [0.15, 0.2) is 59.0 Å². The van der Waals surface area contributed by atoms with E-state index < -0.39 is 12.0 Å². The highest BCUT2D eigenvalue weighted by atomic mass is 16.5. The number of carbonyl (C=O) groups excluding carboxylic acids is 1. The molecule has 1 aromatic heterocycles. The Kier molecular flexibility index (Phi) is 9.21. The fourth-order valence-electron chi connectivity index (χ4n) is 5.12. The molecular weight excluding hydrogens is 480 g/mol. The topological polar surface area (TPSA) is 102 Å². The largest absolute Gasteiger partial charge is 0.493 e. The molecule has 0 saturated heterocycles. The number of ether oxygens (including phenoxy) is 1. The van der Waals surface area contributed by atoms with Gasteiger partial charge in [-0.1, -0.05) is 44.2 Å². The van der Waals surface area contributed by atoms with Gasteiger partial charge in [0.05, 0.1) is 12.3 Å². The standard InChI is InChI=1S/C31H38N2O5/c1-20(2)23-11-13-24(14-12-23)29(34)32-28(31(35)36)19-22-9-15-26(16-10-22)37-18-17-27-21(3)38-30(33-27)25-7-5-4-6-8-25/h4-10,15-16,20,23-24,28H,11-14,17-19H2,1-3H3,(H,32,34)(H,35,36)/t23?,24?,28-/m1/s1. The number of aromatic nitrogens is 1. The monoisotopic (exact) mass is 518 g/mol. The lowest BCUT2D eigenvalue weighted by molar-refractivity contribution is -0.142. The lowest BCUT2D eigenvalue weighted by atomic mass is 9.76. The zero-order valence-corrected chi connectivity index (χ0v) is 22.5. The van der Waals surface area contributed by atoms with Crippen molar-refractivity contribution in [2.75, 3.05) is 6.61 Å². The molecule has 1 atom stereocenters. The molecule has 0 aliphatic heterocycles. The number of carboxylic acids is 1. The van der Waals surface area contributed by atoms with Crippen molar-refractivity contribution in [2.45, 2.75) is 65.3 Å². The molecule has 2 aromatic carbocycles. The summed E-state index contributed by atoms with van der Waals surface area (Å²) in [6.07, 6.45) is 4.54. The van der Waals surface area contributed by atoms with E-state index in [-0.39, 0.29) is 18.2 Å². The van der Waals surface area contributed by atoms with Crippen LogP contribution in [0.3, 0.4) is 0 Å². The van der Waals surface area contributed by atoms with Gasteiger partial charge < -0.3 is 19.6 Å². The Morgan fingerprint density at radius 2 is 1.74 bits per heavy atom. The summed E-state index contributed by atoms with van der Waals surface area (Å²) < 4.78 is 11.7. The lowest BCUT2D eigenvalue weighted by Crippen LogP contribution is -2.45. The minimum Gasteiger partial charge on any atom is -0.493 e. The van der Waals surface area contributed by atoms with E-state index in [0.29, 0.717) is 36.5 Å². The maximum atomic E-state index is 12.8. The Labute approximate surface area is 224 Å². The van der Waals surface area contributed by atoms with E-state index in [1.165, 1.54) is 0 Å². The van der Waals surface area contributed by atoms with Crippen LogP contribution in [0.25, 0.3) is 11.5 Å². The number of carbonyl (C=O) groups is 2. The van der Waals surface area contributed by atoms with E-state index >= 15 is 0 Å². The molecule has 3 aromatic rings. The summed E-state index contributed by atoms with van der Waals surface area (Å²) in [5.74, 6) is 2.09. The summed E-state index contributed by atoms with van der Waals surface area (Å²) >= 11 is 0. The third kappa shape index (κ3) is 7.24. The Morgan fingerprint density at radius 3 is 2.37 bits per heavy atom. The average Bonchev–Trinajstić information content (AvgIpc) is 3.30. The summed E-state index contributed by atoms with van der Waals surface area (Å²) in [5, 5.41) is 12.5. The first-order chi connectivity index (χ1) is 18.3. The minimum absolute atomic E-state index is 0.0975. The van der Waals surface area contributed by atoms with Crippen molar-refractivity contribution in [3.63, 3.8) is 0 Å². The summed E-state index contributed by atoms with van der Waals surface area (Å²) in [5.41, 5.74) is 2.62. The molecule has 1 amide bonds. The first-order valence-electron chi connectivity index (χ1n) is 13.6. The summed E-state index contributed by atoms with van der Waals surface area (Å²) in [6, 6.07) is 16.2. The van der Waals surface area contributed by atoms with Gasteiger partial charge in [-0.25, -0.2) is 9.78 Å². The van der Waals surface area contributed by atoms with Crippen molar-refractivity contribution < 1.29 is 23.8 Å². The highest BCUT2D eigenvalue weighted by Crippen LogP contribution is 2.33. The second-order valence-electron chi connectivity index (χ2n) is 10.6. The molecule has 4 rings (SSSR count). The number of hydrogen-bond acceptors (Lipinski definition) is 5. The van der Waals surface area contributed by atoms with Crippen LogP contribution in [-0.4, -0.2) is 34.6 Å². The van der Waals surface area contributed by atoms with E-state index in [1.54, 1.807) is 0 Å². The number of nitrogens with one attached hydrogen (secondary N) is 1. The maximum absolute atomic E-state index is 12.8. The van der Waals surface area contributed by atoms with Gasteiger partial charge in [0.25, 0.3) is 0 Å². The van der Waals surface area contributed by atoms with Crippen LogP contribution in [0.4, 0.5) is 0 Å². The van der Waals surface area contributed by atoms with Crippen LogP contribution in [0.2, 0.25) is 0 Å². The fourth-order valence-corrected chi connectivity index (χ4v) is 5.12. The zero-order valence-electron chi connectivity index (χ0n) is 22.5. The predicted octanol–water partition coefficient (Wildman–Crippen LogP) is 5.85. The van der Waals surface area contributed by atoms with Crippen LogP contribution in [0.5, 0.6) is 5.75 Å². The number of oxazole rings is 1. The van der Waals surface area contributed by atoms with Crippen molar-refractivity contribution in [3.05, 3.63) is 71.6 Å². The van der Waals surface area contributed by atoms with E-state index in [9.17, 15) is 14.7 Å². The van der Waals surface area contributed by atoms with Crippen molar-refractivity contribution in [2.24, 2.45) is 17.8 Å². The quantitative estimate of drug-likeness (QED) is 0.330. The molecule has 1 heterocycles. The molecule has 1 aliphatic carbocycles. The second kappa shape index (κ2) is 12.8. The number of aryl methyl sites for hydroxylation is 1. The molecule has 1 aliphatic rings. The van der Waals surface area contributed by atoms with Crippen molar-refractivity contribution >= 4 is 11.9 Å². The SMILES string of the molecule is Cc1oc(-c2ccccc2)nc1CCOc1ccc(C[C@@H](NC(=O)C2CCC(C(C)C)CC2)C(=O)O)cc1. The van der Waals surface area contributed by atoms with E-state index in [1.807, 2.05) is 61.5 Å². The van der Waals surface area contributed by atoms with Gasteiger partial charge in [-0.3, -0.25) is 4.79 Å². The Morgan fingerprint density at radius 1 is 1.05 bits per heavy atom. The van der Waals surface area contributed by atoms with Gasteiger partial charge >= 0.3 is 5.97 Å². The minimum atomic E-state index is -1.02. The third-order valence-electron chi connectivity index (χ3n) is 7.58. The van der Waals surface area contributed by atoms with E-state index in [4.69, 9.17) is 9.15 Å². The van der Waals surface area contributed by atoms with Crippen LogP contribution in [-0.2, 0) is 22.4 Å². The fraction of sp³-hybridized carbons (Fsp3) is 0.452. The van der Waals surface area contributed by atoms with Gasteiger partial charge in [-0.15, -0.1) is 0 Å². The number of rotatable bonds is 11. The number of aliphatic carboxylic acids is 1. The molecule has 0 spiro atoms. The van der Waals surface area contributed by atoms with Crippen LogP contribution in [0.1, 0.15) is 56.5 Å². The number of carboxylic acid groups (broad SMARTS) is 1. The van der Waals surface area contributed by atoms with E-state index in [2.05, 4.69) is 24.1 Å². The molecular formula is C31H38N2O5.